The summed E-state index contributed by atoms with van der Waals surface area (Å²) >= 11 is 0. The minimum Gasteiger partial charge on any atom is -0.497 e. The number of hydrogen-bond acceptors (Lipinski definition) is 8. The topological polar surface area (TPSA) is 136 Å². The van der Waals surface area contributed by atoms with Gasteiger partial charge in [-0.3, -0.25) is 9.98 Å². The van der Waals surface area contributed by atoms with Gasteiger partial charge in [0, 0.05) is 48.6 Å². The second kappa shape index (κ2) is 21.3. The number of fused-ring (bicyclic) bond motifs is 2. The van der Waals surface area contributed by atoms with Crippen molar-refractivity contribution in [2.45, 2.75) is 35.9 Å². The summed E-state index contributed by atoms with van der Waals surface area (Å²) in [5.41, 5.74) is -5.31. The second-order valence-corrected chi connectivity index (χ2v) is 14.2. The molecule has 0 radical (unpaired) electrons. The standard InChI is InChI=1S/2C21H17F6NO2.C4H4O4/c2*1-29-15-8-9-16-17(11-15)19(30-2,21(25,26)27)12-28-18(16)10-5-13-3-6-14(7-4-13)20(22,23)24;5-3(6)1-2-4(7)8/h2*3-11H,12H2,1-2H3;1-2H,(H,5,6)(H,7,8)/b2*10-5+;2-1-. The monoisotopic (exact) mass is 974 g/mol. The smallest absolute Gasteiger partial charge is 0.423 e. The van der Waals surface area contributed by atoms with E-state index in [4.69, 9.17) is 29.2 Å². The first-order valence-corrected chi connectivity index (χ1v) is 19.2. The van der Waals surface area contributed by atoms with Gasteiger partial charge >= 0.3 is 36.6 Å². The lowest BCUT2D eigenvalue weighted by molar-refractivity contribution is -0.272. The molecule has 0 fully saturated rings. The lowest BCUT2D eigenvalue weighted by Crippen LogP contribution is -2.49. The first kappa shape index (κ1) is 53.7. The quantitative estimate of drug-likeness (QED) is 0.118. The summed E-state index contributed by atoms with van der Waals surface area (Å²) < 4.78 is 179. The normalized spacial score (nSPS) is 18.4. The summed E-state index contributed by atoms with van der Waals surface area (Å²) in [7, 11) is 4.61. The number of aliphatic carboxylic acids is 2. The molecule has 6 rings (SSSR count). The molecule has 2 aliphatic rings. The molecule has 10 nitrogen and oxygen atoms in total. The lowest BCUT2D eigenvalue weighted by Gasteiger charge is -2.37. The maximum atomic E-state index is 13.9. The van der Waals surface area contributed by atoms with Gasteiger partial charge in [0.1, 0.15) is 11.5 Å². The Morgan fingerprint density at radius 3 is 1.09 bits per heavy atom. The third-order valence-corrected chi connectivity index (χ3v) is 10.1. The molecule has 0 saturated heterocycles. The Morgan fingerprint density at radius 1 is 0.515 bits per heavy atom. The third-order valence-electron chi connectivity index (χ3n) is 10.1. The summed E-state index contributed by atoms with van der Waals surface area (Å²) in [5.74, 6) is -2.06. The lowest BCUT2D eigenvalue weighted by atomic mass is 9.84. The molecule has 0 aromatic heterocycles. The average molecular weight is 975 g/mol. The molecular weight excluding hydrogens is 936 g/mol. The first-order chi connectivity index (χ1) is 31.7. The molecular formula is C46H38F12N2O8. The van der Waals surface area contributed by atoms with Gasteiger partial charge in [0.15, 0.2) is 0 Å². The second-order valence-electron chi connectivity index (χ2n) is 14.2. The molecule has 22 heteroatoms. The van der Waals surface area contributed by atoms with Crippen molar-refractivity contribution in [3.8, 4) is 11.5 Å². The number of carbonyl (C=O) groups is 2. The van der Waals surface area contributed by atoms with Crippen LogP contribution in [0.1, 0.15) is 44.5 Å². The van der Waals surface area contributed by atoms with Crippen molar-refractivity contribution in [3.63, 3.8) is 0 Å². The number of ether oxygens (including phenoxy) is 4. The van der Waals surface area contributed by atoms with Gasteiger partial charge in [-0.1, -0.05) is 36.4 Å². The number of allylic oxidation sites excluding steroid dienone is 2. The van der Waals surface area contributed by atoms with Gasteiger partial charge in [-0.2, -0.15) is 52.7 Å². The largest absolute Gasteiger partial charge is 0.497 e. The maximum Gasteiger partial charge on any atom is 0.423 e. The van der Waals surface area contributed by atoms with E-state index in [0.29, 0.717) is 23.3 Å². The predicted molar refractivity (Wildman–Crippen MR) is 224 cm³/mol. The molecule has 0 spiro atoms. The predicted octanol–water partition coefficient (Wildman–Crippen LogP) is 11.0. The molecule has 0 saturated carbocycles. The number of rotatable bonds is 10. The van der Waals surface area contributed by atoms with Crippen LogP contribution in [0.25, 0.3) is 12.2 Å². The Labute approximate surface area is 379 Å². The zero-order valence-electron chi connectivity index (χ0n) is 35.7. The summed E-state index contributed by atoms with van der Waals surface area (Å²) in [6, 6.07) is 17.2. The van der Waals surface area contributed by atoms with Crippen LogP contribution in [0.4, 0.5) is 52.7 Å². The van der Waals surface area contributed by atoms with Gasteiger partial charge in [-0.15, -0.1) is 0 Å². The van der Waals surface area contributed by atoms with E-state index in [1.54, 1.807) is 0 Å². The summed E-state index contributed by atoms with van der Waals surface area (Å²) in [4.78, 5) is 27.2. The number of benzene rings is 4. The highest BCUT2D eigenvalue weighted by Gasteiger charge is 2.60. The van der Waals surface area contributed by atoms with Crippen molar-refractivity contribution in [2.24, 2.45) is 9.98 Å². The SMILES string of the molecule is COc1ccc2c(c1)C(OC)(C(F)(F)F)CN=C2/C=C/c1ccc(C(F)(F)F)cc1.COc1ccc2c(c1)C(OC)(C(F)(F)F)CN=C2/C=C/c1ccc(C(F)(F)F)cc1.O=C(O)/C=C\C(=O)O. The Kier molecular flexibility index (Phi) is 16.9. The highest BCUT2D eigenvalue weighted by Crippen LogP contribution is 2.48. The van der Waals surface area contributed by atoms with E-state index in [9.17, 15) is 62.3 Å². The van der Waals surface area contributed by atoms with Crippen molar-refractivity contribution in [1.82, 2.24) is 0 Å². The number of alkyl halides is 12. The van der Waals surface area contributed by atoms with E-state index in [2.05, 4.69) is 9.98 Å². The van der Waals surface area contributed by atoms with Crippen LogP contribution in [0.2, 0.25) is 0 Å². The zero-order chi connectivity index (χ0) is 50.9. The fourth-order valence-electron chi connectivity index (χ4n) is 6.56. The van der Waals surface area contributed by atoms with Crippen molar-refractivity contribution >= 4 is 35.5 Å². The number of methoxy groups -OCH3 is 4. The van der Waals surface area contributed by atoms with Crippen molar-refractivity contribution in [1.29, 1.82) is 0 Å². The van der Waals surface area contributed by atoms with Crippen molar-refractivity contribution < 1.29 is 91.4 Å². The Morgan fingerprint density at radius 2 is 0.838 bits per heavy atom. The van der Waals surface area contributed by atoms with E-state index in [0.717, 1.165) is 38.5 Å². The molecule has 4 aromatic rings. The highest BCUT2D eigenvalue weighted by molar-refractivity contribution is 6.13. The molecule has 4 aromatic carbocycles. The van der Waals surface area contributed by atoms with Crippen LogP contribution in [0.3, 0.4) is 0 Å². The molecule has 0 bridgehead atoms. The van der Waals surface area contributed by atoms with Crippen LogP contribution < -0.4 is 9.47 Å². The van der Waals surface area contributed by atoms with Crippen LogP contribution in [0, 0.1) is 0 Å². The van der Waals surface area contributed by atoms with Gasteiger partial charge in [0.2, 0.25) is 11.2 Å². The van der Waals surface area contributed by atoms with E-state index in [1.807, 2.05) is 0 Å². The summed E-state index contributed by atoms with van der Waals surface area (Å²) in [5, 5.41) is 15.6. The number of carboxylic acids is 2. The maximum absolute atomic E-state index is 13.9. The van der Waals surface area contributed by atoms with Crippen molar-refractivity contribution in [2.75, 3.05) is 41.5 Å². The molecule has 2 unspecified atom stereocenters. The van der Waals surface area contributed by atoms with Crippen LogP contribution >= 0.6 is 0 Å². The minimum absolute atomic E-state index is 0.140. The van der Waals surface area contributed by atoms with Crippen LogP contribution in [0.15, 0.2) is 119 Å². The fourth-order valence-corrected chi connectivity index (χ4v) is 6.56. The molecule has 68 heavy (non-hydrogen) atoms. The summed E-state index contributed by atoms with van der Waals surface area (Å²) in [6.45, 7) is -1.39. The average Bonchev–Trinajstić information content (AvgIpc) is 3.28. The first-order valence-electron chi connectivity index (χ1n) is 19.2. The Bertz CT molecular complexity index is 2400. The number of hydrogen-bond donors (Lipinski definition) is 2. The van der Waals surface area contributed by atoms with E-state index < -0.39 is 72.1 Å². The Balaban J connectivity index is 0.000000256. The number of halogens is 12. The van der Waals surface area contributed by atoms with E-state index >= 15 is 0 Å². The molecule has 2 aliphatic heterocycles. The molecule has 0 amide bonds. The van der Waals surface area contributed by atoms with Crippen LogP contribution in [0.5, 0.6) is 11.5 Å². The molecule has 364 valence electrons. The van der Waals surface area contributed by atoms with E-state index in [-0.39, 0.29) is 45.2 Å². The minimum atomic E-state index is -4.73. The van der Waals surface area contributed by atoms with Gasteiger partial charge in [0.05, 0.1) is 49.9 Å². The van der Waals surface area contributed by atoms with Crippen LogP contribution in [-0.4, -0.2) is 87.5 Å². The van der Waals surface area contributed by atoms with Gasteiger partial charge < -0.3 is 29.2 Å². The number of carboxylic acid groups (broad SMARTS) is 2. The molecule has 2 N–H and O–H groups in total. The van der Waals surface area contributed by atoms with Gasteiger partial charge in [-0.25, -0.2) is 9.59 Å². The Hall–Kier alpha value is -6.94. The number of aliphatic imine (C=N–C) groups is 2. The third kappa shape index (κ3) is 12.5. The van der Waals surface area contributed by atoms with Gasteiger partial charge in [0.25, 0.3) is 0 Å². The highest BCUT2D eigenvalue weighted by atomic mass is 19.4. The van der Waals surface area contributed by atoms with E-state index in [1.165, 1.54) is 99.2 Å². The van der Waals surface area contributed by atoms with Crippen molar-refractivity contribution in [3.05, 3.63) is 154 Å². The molecule has 2 atom stereocenters. The zero-order valence-corrected chi connectivity index (χ0v) is 35.7. The van der Waals surface area contributed by atoms with Crippen LogP contribution in [-0.2, 0) is 42.6 Å². The molecule has 2 heterocycles. The number of nitrogens with zero attached hydrogens (tertiary/aromatic N) is 2. The summed E-state index contributed by atoms with van der Waals surface area (Å²) in [6.07, 6.45) is -11.3. The molecule has 0 aliphatic carbocycles. The van der Waals surface area contributed by atoms with Gasteiger partial charge in [-0.05, 0) is 83.9 Å². The fraction of sp³-hybridized carbons (Fsp3) is 0.261.